The van der Waals surface area contributed by atoms with Crippen molar-refractivity contribution in [2.24, 2.45) is 0 Å². The fourth-order valence-corrected chi connectivity index (χ4v) is 1.60. The summed E-state index contributed by atoms with van der Waals surface area (Å²) in [6.45, 7) is 5.11. The van der Waals surface area contributed by atoms with Gasteiger partial charge in [-0.15, -0.1) is 0 Å². The van der Waals surface area contributed by atoms with Crippen LogP contribution >= 0.6 is 0 Å². The molecular formula is C13H19N3O3. The molecule has 0 radical (unpaired) electrons. The highest BCUT2D eigenvalue weighted by molar-refractivity contribution is 5.99. The van der Waals surface area contributed by atoms with Gasteiger partial charge in [0.05, 0.1) is 4.92 Å². The minimum Gasteiger partial charge on any atom is -0.385 e. The maximum atomic E-state index is 12.1. The number of carbonyl (C=O) groups is 1. The van der Waals surface area contributed by atoms with Crippen LogP contribution in [0.1, 0.15) is 30.6 Å². The number of amides is 1. The molecule has 0 fully saturated rings. The van der Waals surface area contributed by atoms with Crippen LogP contribution < -0.4 is 5.32 Å². The first-order valence-electron chi connectivity index (χ1n) is 6.29. The van der Waals surface area contributed by atoms with E-state index in [4.69, 9.17) is 0 Å². The molecule has 1 rings (SSSR count). The second-order valence-electron chi connectivity index (χ2n) is 4.24. The third kappa shape index (κ3) is 3.67. The van der Waals surface area contributed by atoms with Gasteiger partial charge in [-0.2, -0.15) is 0 Å². The maximum absolute atomic E-state index is 12.1. The predicted molar refractivity (Wildman–Crippen MR) is 74.5 cm³/mol. The number of nitrogens with one attached hydrogen (secondary N) is 1. The zero-order valence-electron chi connectivity index (χ0n) is 11.5. The first-order valence-corrected chi connectivity index (χ1v) is 6.29. The van der Waals surface area contributed by atoms with Gasteiger partial charge >= 0.3 is 0 Å². The summed E-state index contributed by atoms with van der Waals surface area (Å²) in [5.41, 5.74) is 0.683. The maximum Gasteiger partial charge on any atom is 0.282 e. The molecule has 19 heavy (non-hydrogen) atoms. The van der Waals surface area contributed by atoms with Gasteiger partial charge in [0, 0.05) is 31.9 Å². The van der Waals surface area contributed by atoms with Crippen molar-refractivity contribution in [2.75, 3.05) is 25.5 Å². The van der Waals surface area contributed by atoms with Crippen LogP contribution in [-0.4, -0.2) is 35.9 Å². The van der Waals surface area contributed by atoms with Gasteiger partial charge in [0.25, 0.3) is 11.6 Å². The Morgan fingerprint density at radius 3 is 2.63 bits per heavy atom. The van der Waals surface area contributed by atoms with E-state index in [1.54, 1.807) is 19.2 Å². The number of nitro groups is 1. The van der Waals surface area contributed by atoms with Crippen LogP contribution in [0.2, 0.25) is 0 Å². The first-order chi connectivity index (χ1) is 9.01. The van der Waals surface area contributed by atoms with Gasteiger partial charge in [0.2, 0.25) is 0 Å². The number of anilines is 1. The predicted octanol–water partition coefficient (Wildman–Crippen LogP) is 2.51. The smallest absolute Gasteiger partial charge is 0.282 e. The van der Waals surface area contributed by atoms with Gasteiger partial charge < -0.3 is 10.2 Å². The molecule has 0 saturated carbocycles. The molecule has 0 aliphatic carbocycles. The van der Waals surface area contributed by atoms with Crippen molar-refractivity contribution in [2.45, 2.75) is 20.3 Å². The average Bonchev–Trinajstić information content (AvgIpc) is 2.42. The van der Waals surface area contributed by atoms with Crippen LogP contribution in [0.5, 0.6) is 0 Å². The second-order valence-corrected chi connectivity index (χ2v) is 4.24. The summed E-state index contributed by atoms with van der Waals surface area (Å²) in [5.74, 6) is -0.339. The third-order valence-corrected chi connectivity index (χ3v) is 2.82. The Morgan fingerprint density at radius 2 is 2.11 bits per heavy atom. The summed E-state index contributed by atoms with van der Waals surface area (Å²) in [4.78, 5) is 24.0. The molecule has 0 saturated heterocycles. The molecule has 104 valence electrons. The van der Waals surface area contributed by atoms with E-state index < -0.39 is 4.92 Å². The lowest BCUT2D eigenvalue weighted by Gasteiger charge is -2.15. The molecule has 0 spiro atoms. The topological polar surface area (TPSA) is 75.5 Å². The quantitative estimate of drug-likeness (QED) is 0.633. The number of rotatable bonds is 6. The van der Waals surface area contributed by atoms with E-state index in [-0.39, 0.29) is 17.2 Å². The molecule has 0 aliphatic heterocycles. The Balaban J connectivity index is 3.15. The fourth-order valence-electron chi connectivity index (χ4n) is 1.60. The number of nitrogens with zero attached hydrogens (tertiary/aromatic N) is 2. The molecule has 0 atom stereocenters. The van der Waals surface area contributed by atoms with Crippen molar-refractivity contribution in [1.29, 1.82) is 0 Å². The van der Waals surface area contributed by atoms with Crippen LogP contribution in [-0.2, 0) is 0 Å². The first kappa shape index (κ1) is 14.9. The van der Waals surface area contributed by atoms with Crippen LogP contribution in [0.4, 0.5) is 11.4 Å². The van der Waals surface area contributed by atoms with Crippen molar-refractivity contribution in [3.05, 3.63) is 33.9 Å². The Labute approximate surface area is 112 Å². The van der Waals surface area contributed by atoms with E-state index in [2.05, 4.69) is 5.32 Å². The molecule has 0 aromatic heterocycles. The van der Waals surface area contributed by atoms with Crippen molar-refractivity contribution >= 4 is 17.3 Å². The lowest BCUT2D eigenvalue weighted by molar-refractivity contribution is -0.385. The summed E-state index contributed by atoms with van der Waals surface area (Å²) in [5, 5.41) is 14.1. The molecule has 0 bridgehead atoms. The van der Waals surface area contributed by atoms with Gasteiger partial charge in [-0.3, -0.25) is 14.9 Å². The van der Waals surface area contributed by atoms with Crippen LogP contribution in [0.15, 0.2) is 18.2 Å². The van der Waals surface area contributed by atoms with E-state index >= 15 is 0 Å². The van der Waals surface area contributed by atoms with E-state index in [1.165, 1.54) is 11.0 Å². The Bertz CT molecular complexity index is 474. The minimum atomic E-state index is -0.527. The number of hydrogen-bond acceptors (Lipinski definition) is 4. The SMILES string of the molecule is CCCNc1ccc([N+](=O)[O-])c(C(=O)N(C)CC)c1. The highest BCUT2D eigenvalue weighted by Gasteiger charge is 2.22. The van der Waals surface area contributed by atoms with Crippen LogP contribution in [0.3, 0.4) is 0 Å². The van der Waals surface area contributed by atoms with E-state index in [9.17, 15) is 14.9 Å². The normalized spacial score (nSPS) is 10.1. The Kier molecular flexibility index (Phi) is 5.29. The Morgan fingerprint density at radius 1 is 1.42 bits per heavy atom. The molecule has 1 aromatic rings. The molecule has 6 heteroatoms. The van der Waals surface area contributed by atoms with Crippen molar-refractivity contribution in [1.82, 2.24) is 4.90 Å². The van der Waals surface area contributed by atoms with Gasteiger partial charge in [-0.1, -0.05) is 6.92 Å². The van der Waals surface area contributed by atoms with Crippen LogP contribution in [0.25, 0.3) is 0 Å². The monoisotopic (exact) mass is 265 g/mol. The van der Waals surface area contributed by atoms with E-state index in [0.717, 1.165) is 18.7 Å². The van der Waals surface area contributed by atoms with Crippen molar-refractivity contribution in [3.8, 4) is 0 Å². The zero-order valence-corrected chi connectivity index (χ0v) is 11.5. The standard InChI is InChI=1S/C13H19N3O3/c1-4-8-14-10-6-7-12(16(18)19)11(9-10)13(17)15(3)5-2/h6-7,9,14H,4-5,8H2,1-3H3. The van der Waals surface area contributed by atoms with Gasteiger partial charge in [-0.25, -0.2) is 0 Å². The summed E-state index contributed by atoms with van der Waals surface area (Å²) in [7, 11) is 1.62. The zero-order chi connectivity index (χ0) is 14.4. The number of carbonyl (C=O) groups excluding carboxylic acids is 1. The molecule has 0 unspecified atom stereocenters. The van der Waals surface area contributed by atoms with E-state index in [0.29, 0.717) is 6.54 Å². The van der Waals surface area contributed by atoms with Gasteiger partial charge in [0.15, 0.2) is 0 Å². The summed E-state index contributed by atoms with van der Waals surface area (Å²) >= 11 is 0. The van der Waals surface area contributed by atoms with Gasteiger partial charge in [0.1, 0.15) is 5.56 Å². The Hall–Kier alpha value is -2.11. The van der Waals surface area contributed by atoms with Crippen molar-refractivity contribution in [3.63, 3.8) is 0 Å². The highest BCUT2D eigenvalue weighted by atomic mass is 16.6. The number of hydrogen-bond donors (Lipinski definition) is 1. The second kappa shape index (κ2) is 6.72. The largest absolute Gasteiger partial charge is 0.385 e. The number of nitro benzene ring substituents is 1. The number of benzene rings is 1. The molecule has 6 nitrogen and oxygen atoms in total. The lowest BCUT2D eigenvalue weighted by atomic mass is 10.1. The molecule has 0 heterocycles. The molecule has 0 aliphatic rings. The van der Waals surface area contributed by atoms with E-state index in [1.807, 2.05) is 13.8 Å². The molecule has 1 aromatic carbocycles. The fraction of sp³-hybridized carbons (Fsp3) is 0.462. The van der Waals surface area contributed by atoms with Crippen LogP contribution in [0, 0.1) is 10.1 Å². The molecule has 1 N–H and O–H groups in total. The molecular weight excluding hydrogens is 246 g/mol. The summed E-state index contributed by atoms with van der Waals surface area (Å²) < 4.78 is 0. The van der Waals surface area contributed by atoms with Gasteiger partial charge in [-0.05, 0) is 25.5 Å². The summed E-state index contributed by atoms with van der Waals surface area (Å²) in [6.07, 6.45) is 0.940. The third-order valence-electron chi connectivity index (χ3n) is 2.82. The lowest BCUT2D eigenvalue weighted by Crippen LogP contribution is -2.27. The summed E-state index contributed by atoms with van der Waals surface area (Å²) in [6, 6.07) is 4.54. The molecule has 1 amide bonds. The van der Waals surface area contributed by atoms with Crippen molar-refractivity contribution < 1.29 is 9.72 Å². The minimum absolute atomic E-state index is 0.121. The highest BCUT2D eigenvalue weighted by Crippen LogP contribution is 2.24. The average molecular weight is 265 g/mol.